The first-order chi connectivity index (χ1) is 14.5. The molecule has 0 unspecified atom stereocenters. The molecule has 0 saturated heterocycles. The summed E-state index contributed by atoms with van der Waals surface area (Å²) in [7, 11) is 0. The number of nitrogens with zero attached hydrogens (tertiary/aromatic N) is 4. The van der Waals surface area contributed by atoms with E-state index in [0.29, 0.717) is 26.6 Å². The van der Waals surface area contributed by atoms with Crippen LogP contribution in [0.1, 0.15) is 18.5 Å². The Morgan fingerprint density at radius 1 is 1.33 bits per heavy atom. The molecule has 0 amide bonds. The maximum absolute atomic E-state index is 14.3. The van der Waals surface area contributed by atoms with E-state index in [4.69, 9.17) is 0 Å². The molecule has 3 heterocycles. The molecule has 152 valence electrons. The Kier molecular flexibility index (Phi) is 4.39. The average Bonchev–Trinajstić information content (AvgIpc) is 3.33. The molecule has 1 saturated carbocycles. The number of fused-ring (bicyclic) bond motifs is 1. The van der Waals surface area contributed by atoms with Crippen molar-refractivity contribution in [2.75, 3.05) is 5.32 Å². The van der Waals surface area contributed by atoms with Gasteiger partial charge in [0.05, 0.1) is 17.9 Å². The van der Waals surface area contributed by atoms with Gasteiger partial charge in [0.25, 0.3) is 0 Å². The lowest BCUT2D eigenvalue weighted by Crippen LogP contribution is -2.20. The minimum absolute atomic E-state index is 0.203. The first-order valence-corrected chi connectivity index (χ1v) is 9.93. The van der Waals surface area contributed by atoms with Gasteiger partial charge in [0, 0.05) is 15.8 Å². The van der Waals surface area contributed by atoms with Gasteiger partial charge >= 0.3 is 5.69 Å². The van der Waals surface area contributed by atoms with E-state index in [1.807, 2.05) is 0 Å². The zero-order chi connectivity index (χ0) is 20.8. The van der Waals surface area contributed by atoms with Crippen molar-refractivity contribution in [3.63, 3.8) is 0 Å². The Morgan fingerprint density at radius 2 is 2.17 bits per heavy atom. The summed E-state index contributed by atoms with van der Waals surface area (Å²) >= 11 is 3.24. The van der Waals surface area contributed by atoms with E-state index in [1.54, 1.807) is 35.0 Å². The number of imidazole rings is 1. The van der Waals surface area contributed by atoms with E-state index in [0.717, 1.165) is 12.8 Å². The van der Waals surface area contributed by atoms with Gasteiger partial charge in [0.15, 0.2) is 11.1 Å². The molecule has 0 radical (unpaired) electrons. The van der Waals surface area contributed by atoms with Crippen LogP contribution >= 0.6 is 15.9 Å². The quantitative estimate of drug-likeness (QED) is 0.360. The second-order valence-corrected chi connectivity index (χ2v) is 7.85. The minimum Gasteiger partial charge on any atom is -0.493 e. The number of rotatable bonds is 4. The van der Waals surface area contributed by atoms with Crippen LogP contribution in [0.4, 0.5) is 15.9 Å². The Balaban J connectivity index is 1.68. The Hall–Kier alpha value is -3.47. The van der Waals surface area contributed by atoms with Crippen molar-refractivity contribution < 1.29 is 9.50 Å². The first kappa shape index (κ1) is 18.6. The van der Waals surface area contributed by atoms with E-state index in [1.165, 1.54) is 6.07 Å². The summed E-state index contributed by atoms with van der Waals surface area (Å²) in [5.74, 6) is -0.319. The van der Waals surface area contributed by atoms with Gasteiger partial charge in [-0.2, -0.15) is 9.61 Å². The number of nitrogens with one attached hydrogen (secondary N) is 3. The third-order valence-electron chi connectivity index (χ3n) is 4.57. The number of benzene rings is 1. The molecule has 9 nitrogen and oxygen atoms in total. The molecular formula is C19H15BrFN7O2. The molecule has 30 heavy (non-hydrogen) atoms. The number of halogens is 2. The monoisotopic (exact) mass is 471 g/mol. The summed E-state index contributed by atoms with van der Waals surface area (Å²) in [4.78, 5) is 25.4. The van der Waals surface area contributed by atoms with Crippen molar-refractivity contribution >= 4 is 39.2 Å². The van der Waals surface area contributed by atoms with Crippen LogP contribution in [0.5, 0.6) is 5.88 Å². The van der Waals surface area contributed by atoms with Crippen LogP contribution in [0.3, 0.4) is 0 Å². The van der Waals surface area contributed by atoms with Gasteiger partial charge in [-0.05, 0) is 37.1 Å². The molecule has 0 spiro atoms. The SMILES string of the molecule is O=c1[nH]c(O)c(C=c2cnn3c(=NC4CC4)cc(Nc4ccc(Br)cc4F)nc23)[nH]1. The molecule has 0 bridgehead atoms. The van der Waals surface area contributed by atoms with Gasteiger partial charge in [-0.25, -0.2) is 14.2 Å². The van der Waals surface area contributed by atoms with Gasteiger partial charge in [-0.3, -0.25) is 9.98 Å². The molecule has 1 aromatic carbocycles. The number of H-pyrrole nitrogens is 2. The highest BCUT2D eigenvalue weighted by molar-refractivity contribution is 9.10. The van der Waals surface area contributed by atoms with Crippen LogP contribution in [0, 0.1) is 5.82 Å². The third kappa shape index (κ3) is 3.59. The second-order valence-electron chi connectivity index (χ2n) is 6.93. The van der Waals surface area contributed by atoms with Crippen LogP contribution in [-0.2, 0) is 0 Å². The van der Waals surface area contributed by atoms with Gasteiger partial charge in [-0.15, -0.1) is 0 Å². The molecule has 1 aliphatic rings. The van der Waals surface area contributed by atoms with Crippen LogP contribution < -0.4 is 21.7 Å². The molecule has 4 aromatic rings. The van der Waals surface area contributed by atoms with Crippen LogP contribution in [0.15, 0.2) is 44.7 Å². The van der Waals surface area contributed by atoms with E-state index in [9.17, 15) is 14.3 Å². The smallest absolute Gasteiger partial charge is 0.326 e. The van der Waals surface area contributed by atoms with Crippen LogP contribution in [0.2, 0.25) is 0 Å². The fourth-order valence-electron chi connectivity index (χ4n) is 2.99. The zero-order valence-corrected chi connectivity index (χ0v) is 16.9. The van der Waals surface area contributed by atoms with E-state index < -0.39 is 11.5 Å². The number of aromatic hydroxyl groups is 1. The lowest BCUT2D eigenvalue weighted by molar-refractivity contribution is 0.454. The third-order valence-corrected chi connectivity index (χ3v) is 5.06. The van der Waals surface area contributed by atoms with Crippen molar-refractivity contribution in [3.05, 3.63) is 67.6 Å². The zero-order valence-electron chi connectivity index (χ0n) is 15.4. The largest absolute Gasteiger partial charge is 0.493 e. The Bertz CT molecular complexity index is 1450. The second kappa shape index (κ2) is 7.10. The molecular weight excluding hydrogens is 457 g/mol. The van der Waals surface area contributed by atoms with Crippen molar-refractivity contribution in [3.8, 4) is 5.88 Å². The topological polar surface area (TPSA) is 123 Å². The fraction of sp³-hybridized carbons (Fsp3) is 0.158. The van der Waals surface area contributed by atoms with Crippen LogP contribution in [0.25, 0.3) is 11.7 Å². The van der Waals surface area contributed by atoms with Crippen molar-refractivity contribution in [2.24, 2.45) is 4.99 Å². The summed E-state index contributed by atoms with van der Waals surface area (Å²) in [6, 6.07) is 6.63. The minimum atomic E-state index is -0.527. The highest BCUT2D eigenvalue weighted by Gasteiger charge is 2.20. The number of aromatic amines is 2. The molecule has 0 aliphatic heterocycles. The fourth-order valence-corrected chi connectivity index (χ4v) is 3.32. The molecule has 5 rings (SSSR count). The number of hydrogen-bond acceptors (Lipinski definition) is 6. The number of hydrogen-bond donors (Lipinski definition) is 4. The Morgan fingerprint density at radius 3 is 2.87 bits per heavy atom. The van der Waals surface area contributed by atoms with E-state index >= 15 is 0 Å². The van der Waals surface area contributed by atoms with Crippen LogP contribution in [-0.4, -0.2) is 35.7 Å². The van der Waals surface area contributed by atoms with Crippen molar-refractivity contribution in [1.29, 1.82) is 0 Å². The summed E-state index contributed by atoms with van der Waals surface area (Å²) in [5.41, 5.74) is 0.966. The lowest BCUT2D eigenvalue weighted by atomic mass is 10.3. The molecule has 1 aliphatic carbocycles. The normalized spacial score (nSPS) is 15.3. The molecule has 1 fully saturated rings. The number of anilines is 2. The summed E-state index contributed by atoms with van der Waals surface area (Å²) in [6.07, 6.45) is 5.12. The predicted octanol–water partition coefficient (Wildman–Crippen LogP) is 1.71. The maximum atomic E-state index is 14.3. The lowest BCUT2D eigenvalue weighted by Gasteiger charge is -2.08. The highest BCUT2D eigenvalue weighted by atomic mass is 79.9. The summed E-state index contributed by atoms with van der Waals surface area (Å²) in [6.45, 7) is 0. The number of aromatic nitrogens is 5. The predicted molar refractivity (Wildman–Crippen MR) is 111 cm³/mol. The molecule has 0 atom stereocenters. The van der Waals surface area contributed by atoms with Crippen molar-refractivity contribution in [1.82, 2.24) is 24.6 Å². The van der Waals surface area contributed by atoms with E-state index in [2.05, 4.69) is 46.3 Å². The molecule has 4 N–H and O–H groups in total. The Labute approximate surface area is 176 Å². The highest BCUT2D eigenvalue weighted by Crippen LogP contribution is 2.24. The standard InChI is InChI=1S/C19H15BrFN7O2/c20-10-1-4-13(12(21)6-10)24-15-7-16(23-11-2-3-11)28-17(26-15)9(8-22-28)5-14-18(29)27-19(30)25-14/h1,4-8,11,24,29H,2-3H2,(H2,25,27,30). The van der Waals surface area contributed by atoms with E-state index in [-0.39, 0.29) is 23.3 Å². The molecule has 11 heteroatoms. The van der Waals surface area contributed by atoms with Crippen molar-refractivity contribution in [2.45, 2.75) is 18.9 Å². The first-order valence-electron chi connectivity index (χ1n) is 9.14. The van der Waals surface area contributed by atoms with Gasteiger partial charge < -0.3 is 15.4 Å². The summed E-state index contributed by atoms with van der Waals surface area (Å²) < 4.78 is 16.5. The van der Waals surface area contributed by atoms with Gasteiger partial charge in [-0.1, -0.05) is 15.9 Å². The molecule has 3 aromatic heterocycles. The average molecular weight is 472 g/mol. The van der Waals surface area contributed by atoms with Gasteiger partial charge in [0.1, 0.15) is 17.3 Å². The van der Waals surface area contributed by atoms with Gasteiger partial charge in [0.2, 0.25) is 5.88 Å². The maximum Gasteiger partial charge on any atom is 0.326 e. The summed E-state index contributed by atoms with van der Waals surface area (Å²) in [5, 5.41) is 17.7.